The minimum atomic E-state index is -0.120. The maximum absolute atomic E-state index is 12.0. The molecule has 0 radical (unpaired) electrons. The van der Waals surface area contributed by atoms with E-state index in [0.29, 0.717) is 10.3 Å². The van der Waals surface area contributed by atoms with Gasteiger partial charge in [-0.1, -0.05) is 23.9 Å². The van der Waals surface area contributed by atoms with Gasteiger partial charge in [-0.2, -0.15) is 0 Å². The number of aromatic nitrogens is 4. The third kappa shape index (κ3) is 4.18. The van der Waals surface area contributed by atoms with Crippen LogP contribution in [-0.2, 0) is 11.8 Å². The number of thioether (sulfide) groups is 1. The summed E-state index contributed by atoms with van der Waals surface area (Å²) >= 11 is 2.74. The summed E-state index contributed by atoms with van der Waals surface area (Å²) in [6.45, 7) is 1.89. The van der Waals surface area contributed by atoms with E-state index in [4.69, 9.17) is 4.74 Å². The highest BCUT2D eigenvalue weighted by Gasteiger charge is 2.14. The first-order valence-corrected chi connectivity index (χ1v) is 9.32. The number of aryl methyl sites for hydroxylation is 1. The van der Waals surface area contributed by atoms with Crippen LogP contribution in [0.3, 0.4) is 0 Å². The Hall–Kier alpha value is -2.39. The number of nitrogens with one attached hydrogen (secondary N) is 1. The van der Waals surface area contributed by atoms with Crippen LogP contribution < -0.4 is 10.1 Å². The van der Waals surface area contributed by atoms with E-state index in [0.717, 1.165) is 22.8 Å². The topological polar surface area (TPSA) is 81.9 Å². The average Bonchev–Trinajstić information content (AvgIpc) is 3.18. The van der Waals surface area contributed by atoms with Gasteiger partial charge in [0, 0.05) is 18.0 Å². The van der Waals surface area contributed by atoms with Crippen molar-refractivity contribution in [3.8, 4) is 17.1 Å². The Balaban J connectivity index is 1.65. The highest BCUT2D eigenvalue weighted by Crippen LogP contribution is 2.25. The predicted octanol–water partition coefficient (Wildman–Crippen LogP) is 2.99. The summed E-state index contributed by atoms with van der Waals surface area (Å²) < 4.78 is 7.10. The third-order valence-corrected chi connectivity index (χ3v) is 5.26. The average molecular weight is 375 g/mol. The Morgan fingerprint density at radius 3 is 2.96 bits per heavy atom. The molecule has 2 heterocycles. The van der Waals surface area contributed by atoms with Gasteiger partial charge < -0.3 is 14.6 Å². The summed E-state index contributed by atoms with van der Waals surface area (Å²) in [6.07, 6.45) is 0. The van der Waals surface area contributed by atoms with Crippen LogP contribution in [0.15, 0.2) is 34.8 Å². The normalized spacial score (nSPS) is 10.7. The smallest absolute Gasteiger partial charge is 0.236 e. The summed E-state index contributed by atoms with van der Waals surface area (Å²) in [5.41, 5.74) is 1.80. The quantitative estimate of drug-likeness (QED) is 0.667. The Kier molecular flexibility index (Phi) is 5.34. The lowest BCUT2D eigenvalue weighted by atomic mass is 10.2. The first-order chi connectivity index (χ1) is 12.1. The van der Waals surface area contributed by atoms with Crippen molar-refractivity contribution >= 4 is 34.1 Å². The van der Waals surface area contributed by atoms with Crippen molar-refractivity contribution in [1.29, 1.82) is 0 Å². The van der Waals surface area contributed by atoms with Crippen LogP contribution in [0.5, 0.6) is 5.75 Å². The number of carbonyl (C=O) groups excluding carboxylic acids is 1. The fourth-order valence-corrected chi connectivity index (χ4v) is 3.57. The van der Waals surface area contributed by atoms with Crippen LogP contribution >= 0.6 is 23.1 Å². The number of nitrogens with zero attached hydrogens (tertiary/aromatic N) is 4. The molecule has 0 bridgehead atoms. The van der Waals surface area contributed by atoms with E-state index in [2.05, 4.69) is 20.5 Å². The number of thiazole rings is 1. The molecular weight excluding hydrogens is 358 g/mol. The molecule has 7 nitrogen and oxygen atoms in total. The molecule has 0 saturated heterocycles. The zero-order valence-electron chi connectivity index (χ0n) is 14.0. The van der Waals surface area contributed by atoms with Crippen LogP contribution in [-0.4, -0.2) is 38.5 Å². The van der Waals surface area contributed by atoms with Crippen molar-refractivity contribution in [1.82, 2.24) is 19.7 Å². The Labute approximate surface area is 153 Å². The zero-order chi connectivity index (χ0) is 17.8. The van der Waals surface area contributed by atoms with Crippen LogP contribution in [0.1, 0.15) is 5.69 Å². The molecule has 3 rings (SSSR count). The number of ether oxygens (including phenoxy) is 1. The minimum Gasteiger partial charge on any atom is -0.497 e. The largest absolute Gasteiger partial charge is 0.497 e. The molecule has 1 aromatic carbocycles. The van der Waals surface area contributed by atoms with Gasteiger partial charge in [0.1, 0.15) is 5.75 Å². The van der Waals surface area contributed by atoms with Gasteiger partial charge in [0.2, 0.25) is 5.91 Å². The van der Waals surface area contributed by atoms with Crippen molar-refractivity contribution < 1.29 is 9.53 Å². The molecule has 0 aliphatic heterocycles. The number of hydrogen-bond donors (Lipinski definition) is 1. The van der Waals surface area contributed by atoms with Gasteiger partial charge in [-0.15, -0.1) is 21.5 Å². The van der Waals surface area contributed by atoms with Gasteiger partial charge in [-0.25, -0.2) is 4.98 Å². The maximum atomic E-state index is 12.0. The number of hydrogen-bond acceptors (Lipinski definition) is 7. The van der Waals surface area contributed by atoms with E-state index in [1.165, 1.54) is 23.1 Å². The molecule has 0 aliphatic rings. The van der Waals surface area contributed by atoms with E-state index >= 15 is 0 Å². The summed E-state index contributed by atoms with van der Waals surface area (Å²) in [4.78, 5) is 16.2. The maximum Gasteiger partial charge on any atom is 0.236 e. The molecule has 130 valence electrons. The van der Waals surface area contributed by atoms with Crippen molar-refractivity contribution in [2.75, 3.05) is 18.2 Å². The SMILES string of the molecule is COc1cccc(-c2nnc(SCC(=O)Nc3nc(C)cs3)n2C)c1. The van der Waals surface area contributed by atoms with Crippen LogP contribution in [0.25, 0.3) is 11.4 Å². The van der Waals surface area contributed by atoms with Crippen molar-refractivity contribution in [3.05, 3.63) is 35.3 Å². The molecule has 3 aromatic rings. The van der Waals surface area contributed by atoms with Gasteiger partial charge in [-0.05, 0) is 19.1 Å². The molecule has 9 heteroatoms. The first-order valence-electron chi connectivity index (χ1n) is 7.45. The van der Waals surface area contributed by atoms with E-state index in [9.17, 15) is 4.79 Å². The van der Waals surface area contributed by atoms with Crippen molar-refractivity contribution in [3.63, 3.8) is 0 Å². The number of rotatable bonds is 6. The molecular formula is C16H17N5O2S2. The second kappa shape index (κ2) is 7.66. The lowest BCUT2D eigenvalue weighted by molar-refractivity contribution is -0.113. The van der Waals surface area contributed by atoms with E-state index in [-0.39, 0.29) is 11.7 Å². The van der Waals surface area contributed by atoms with E-state index in [1.54, 1.807) is 7.11 Å². The van der Waals surface area contributed by atoms with E-state index in [1.807, 2.05) is 48.2 Å². The summed E-state index contributed by atoms with van der Waals surface area (Å²) in [7, 11) is 3.50. The molecule has 0 spiro atoms. The van der Waals surface area contributed by atoms with Crippen LogP contribution in [0, 0.1) is 6.92 Å². The van der Waals surface area contributed by atoms with Gasteiger partial charge in [0.05, 0.1) is 18.6 Å². The molecule has 0 saturated carbocycles. The predicted molar refractivity (Wildman–Crippen MR) is 99.2 cm³/mol. The Morgan fingerprint density at radius 1 is 1.40 bits per heavy atom. The highest BCUT2D eigenvalue weighted by atomic mass is 32.2. The second-order valence-corrected chi connectivity index (χ2v) is 7.03. The fraction of sp³-hybridized carbons (Fsp3) is 0.250. The summed E-state index contributed by atoms with van der Waals surface area (Å²) in [5.74, 6) is 1.60. The van der Waals surface area contributed by atoms with Crippen LogP contribution in [0.4, 0.5) is 5.13 Å². The van der Waals surface area contributed by atoms with E-state index < -0.39 is 0 Å². The first kappa shape index (κ1) is 17.4. The molecule has 0 aliphatic carbocycles. The molecule has 0 atom stereocenters. The molecule has 25 heavy (non-hydrogen) atoms. The number of carbonyl (C=O) groups is 1. The fourth-order valence-electron chi connectivity index (χ4n) is 2.15. The van der Waals surface area contributed by atoms with Crippen LogP contribution in [0.2, 0.25) is 0 Å². The lowest BCUT2D eigenvalue weighted by Gasteiger charge is -2.05. The number of anilines is 1. The number of amides is 1. The highest BCUT2D eigenvalue weighted by molar-refractivity contribution is 7.99. The summed E-state index contributed by atoms with van der Waals surface area (Å²) in [6, 6.07) is 7.62. The third-order valence-electron chi connectivity index (χ3n) is 3.36. The molecule has 0 unspecified atom stereocenters. The Morgan fingerprint density at radius 2 is 2.24 bits per heavy atom. The molecule has 1 N–H and O–H groups in total. The number of methoxy groups -OCH3 is 1. The Bertz CT molecular complexity index is 890. The van der Waals surface area contributed by atoms with Gasteiger partial charge >= 0.3 is 0 Å². The molecule has 1 amide bonds. The lowest BCUT2D eigenvalue weighted by Crippen LogP contribution is -2.14. The molecule has 2 aromatic heterocycles. The summed E-state index contributed by atoms with van der Waals surface area (Å²) in [5, 5.41) is 14.3. The molecule has 0 fully saturated rings. The van der Waals surface area contributed by atoms with Gasteiger partial charge in [0.25, 0.3) is 0 Å². The number of benzene rings is 1. The monoisotopic (exact) mass is 375 g/mol. The van der Waals surface area contributed by atoms with Gasteiger partial charge in [-0.3, -0.25) is 4.79 Å². The second-order valence-electron chi connectivity index (χ2n) is 5.23. The minimum absolute atomic E-state index is 0.120. The van der Waals surface area contributed by atoms with Gasteiger partial charge in [0.15, 0.2) is 16.1 Å². The standard InChI is InChI=1S/C16H17N5O2S2/c1-10-8-24-15(17-10)18-13(22)9-25-16-20-19-14(21(16)2)11-5-4-6-12(7-11)23-3/h4-8H,9H2,1-3H3,(H,17,18,22). The zero-order valence-corrected chi connectivity index (χ0v) is 15.6. The van der Waals surface area contributed by atoms with Crippen molar-refractivity contribution in [2.24, 2.45) is 7.05 Å². The van der Waals surface area contributed by atoms with Crippen molar-refractivity contribution in [2.45, 2.75) is 12.1 Å².